The summed E-state index contributed by atoms with van der Waals surface area (Å²) >= 11 is 1.99. The average Bonchev–Trinajstić information content (AvgIpc) is 2.71. The molecule has 1 saturated heterocycles. The molecule has 3 rings (SSSR count). The Bertz CT molecular complexity index is 194. The third kappa shape index (κ3) is 0.973. The highest BCUT2D eigenvalue weighted by molar-refractivity contribution is 7.98. The van der Waals surface area contributed by atoms with Gasteiger partial charge in [-0.3, -0.25) is 0 Å². The predicted octanol–water partition coefficient (Wildman–Crippen LogP) is 2.16. The molecule has 2 bridgehead atoms. The van der Waals surface area contributed by atoms with Crippen molar-refractivity contribution in [3.05, 3.63) is 0 Å². The first-order valence-corrected chi connectivity index (χ1v) is 6.44. The molecule has 2 aliphatic carbocycles. The van der Waals surface area contributed by atoms with E-state index in [0.29, 0.717) is 0 Å². The lowest BCUT2D eigenvalue weighted by Crippen LogP contribution is -2.18. The first-order valence-electron chi connectivity index (χ1n) is 5.04. The van der Waals surface area contributed by atoms with Gasteiger partial charge in [0.15, 0.2) is 0 Å². The van der Waals surface area contributed by atoms with Gasteiger partial charge < -0.3 is 4.74 Å². The molecule has 1 aliphatic heterocycles. The van der Waals surface area contributed by atoms with Gasteiger partial charge in [0.1, 0.15) is 0 Å². The van der Waals surface area contributed by atoms with Gasteiger partial charge in [0.2, 0.25) is 0 Å². The van der Waals surface area contributed by atoms with E-state index in [1.807, 2.05) is 11.8 Å². The third-order valence-electron chi connectivity index (χ3n) is 3.93. The molecule has 0 spiro atoms. The van der Waals surface area contributed by atoms with Crippen LogP contribution in [0.15, 0.2) is 0 Å². The topological polar surface area (TPSA) is 12.5 Å². The second-order valence-electron chi connectivity index (χ2n) is 4.50. The maximum absolute atomic E-state index is 5.64. The summed E-state index contributed by atoms with van der Waals surface area (Å²) < 4.78 is 5.64. The van der Waals surface area contributed by atoms with Crippen LogP contribution in [0.1, 0.15) is 19.3 Å². The van der Waals surface area contributed by atoms with Crippen LogP contribution < -0.4 is 0 Å². The van der Waals surface area contributed by atoms with Gasteiger partial charge >= 0.3 is 0 Å². The molecule has 2 heteroatoms. The Morgan fingerprint density at radius 2 is 2.25 bits per heavy atom. The number of thioether (sulfide) groups is 1. The van der Waals surface area contributed by atoms with Crippen molar-refractivity contribution in [1.29, 1.82) is 0 Å². The zero-order valence-electron chi connectivity index (χ0n) is 7.53. The van der Waals surface area contributed by atoms with Crippen molar-refractivity contribution >= 4 is 11.8 Å². The Morgan fingerprint density at radius 3 is 2.92 bits per heavy atom. The van der Waals surface area contributed by atoms with Crippen LogP contribution in [0.3, 0.4) is 0 Å². The van der Waals surface area contributed by atoms with Crippen molar-refractivity contribution in [1.82, 2.24) is 0 Å². The molecule has 1 heterocycles. The van der Waals surface area contributed by atoms with Gasteiger partial charge in [-0.25, -0.2) is 0 Å². The summed E-state index contributed by atoms with van der Waals surface area (Å²) in [5.74, 6) is 4.30. The van der Waals surface area contributed by atoms with E-state index in [2.05, 4.69) is 6.26 Å². The molecule has 0 N–H and O–H groups in total. The van der Waals surface area contributed by atoms with E-state index in [9.17, 15) is 0 Å². The molecule has 0 aromatic rings. The molecule has 3 aliphatic rings. The molecular formula is C10H16OS. The van der Waals surface area contributed by atoms with Crippen LogP contribution in [0.25, 0.3) is 0 Å². The molecule has 0 aromatic heterocycles. The lowest BCUT2D eigenvalue weighted by molar-refractivity contribution is 0.249. The SMILES string of the molecule is CSCCC1CC2CC1C1OC21. The number of epoxide rings is 1. The second kappa shape index (κ2) is 2.65. The maximum Gasteiger partial charge on any atom is 0.0875 e. The minimum atomic E-state index is 0.718. The summed E-state index contributed by atoms with van der Waals surface area (Å²) in [6.45, 7) is 0. The molecule has 0 amide bonds. The lowest BCUT2D eigenvalue weighted by atomic mass is 9.87. The first kappa shape index (κ1) is 7.69. The third-order valence-corrected chi connectivity index (χ3v) is 4.57. The largest absolute Gasteiger partial charge is 0.369 e. The minimum Gasteiger partial charge on any atom is -0.369 e. The fourth-order valence-electron chi connectivity index (χ4n) is 3.33. The molecule has 1 nitrogen and oxygen atoms in total. The van der Waals surface area contributed by atoms with Crippen LogP contribution in [0.4, 0.5) is 0 Å². The summed E-state index contributed by atoms with van der Waals surface area (Å²) in [5.41, 5.74) is 0. The van der Waals surface area contributed by atoms with Gasteiger partial charge in [-0.15, -0.1) is 0 Å². The lowest BCUT2D eigenvalue weighted by Gasteiger charge is -2.18. The molecule has 5 atom stereocenters. The van der Waals surface area contributed by atoms with E-state index >= 15 is 0 Å². The monoisotopic (exact) mass is 184 g/mol. The number of ether oxygens (including phenoxy) is 1. The smallest absolute Gasteiger partial charge is 0.0875 e. The Labute approximate surface area is 78.2 Å². The van der Waals surface area contributed by atoms with Gasteiger partial charge in [-0.2, -0.15) is 11.8 Å². The van der Waals surface area contributed by atoms with Crippen molar-refractivity contribution in [2.45, 2.75) is 31.5 Å². The number of fused-ring (bicyclic) bond motifs is 5. The van der Waals surface area contributed by atoms with Crippen molar-refractivity contribution in [3.63, 3.8) is 0 Å². The van der Waals surface area contributed by atoms with Crippen molar-refractivity contribution in [2.24, 2.45) is 17.8 Å². The normalized spacial score (nSPS) is 54.2. The van der Waals surface area contributed by atoms with Gasteiger partial charge in [0.05, 0.1) is 12.2 Å². The molecule has 12 heavy (non-hydrogen) atoms. The number of hydrogen-bond acceptors (Lipinski definition) is 2. The van der Waals surface area contributed by atoms with E-state index in [1.54, 1.807) is 0 Å². The fraction of sp³-hybridized carbons (Fsp3) is 1.00. The van der Waals surface area contributed by atoms with E-state index < -0.39 is 0 Å². The summed E-state index contributed by atoms with van der Waals surface area (Å²) in [5, 5.41) is 0. The predicted molar refractivity (Wildman–Crippen MR) is 51.4 cm³/mol. The van der Waals surface area contributed by atoms with Crippen molar-refractivity contribution in [2.75, 3.05) is 12.0 Å². The quantitative estimate of drug-likeness (QED) is 0.623. The van der Waals surface area contributed by atoms with Crippen LogP contribution in [-0.4, -0.2) is 24.2 Å². The Balaban J connectivity index is 1.61. The van der Waals surface area contributed by atoms with E-state index in [4.69, 9.17) is 4.74 Å². The van der Waals surface area contributed by atoms with Crippen LogP contribution in [-0.2, 0) is 4.74 Å². The Kier molecular flexibility index (Phi) is 1.70. The van der Waals surface area contributed by atoms with Crippen LogP contribution >= 0.6 is 11.8 Å². The second-order valence-corrected chi connectivity index (χ2v) is 5.49. The molecule has 0 aromatic carbocycles. The van der Waals surface area contributed by atoms with E-state index in [-0.39, 0.29) is 0 Å². The number of rotatable bonds is 3. The molecule has 3 fully saturated rings. The van der Waals surface area contributed by atoms with Gasteiger partial charge in [-0.05, 0) is 49.0 Å². The van der Waals surface area contributed by atoms with Gasteiger partial charge in [0.25, 0.3) is 0 Å². The molecule has 2 saturated carbocycles. The summed E-state index contributed by atoms with van der Waals surface area (Å²) in [7, 11) is 0. The zero-order valence-corrected chi connectivity index (χ0v) is 8.35. The summed E-state index contributed by atoms with van der Waals surface area (Å²) in [6.07, 6.45) is 8.07. The van der Waals surface area contributed by atoms with E-state index in [0.717, 1.165) is 30.0 Å². The van der Waals surface area contributed by atoms with Crippen LogP contribution in [0, 0.1) is 17.8 Å². The highest BCUT2D eigenvalue weighted by Gasteiger charge is 2.62. The fourth-order valence-corrected chi connectivity index (χ4v) is 3.87. The Morgan fingerprint density at radius 1 is 1.33 bits per heavy atom. The van der Waals surface area contributed by atoms with Gasteiger partial charge in [-0.1, -0.05) is 0 Å². The van der Waals surface area contributed by atoms with Crippen LogP contribution in [0.2, 0.25) is 0 Å². The molecule has 5 unspecified atom stereocenters. The van der Waals surface area contributed by atoms with Crippen molar-refractivity contribution < 1.29 is 4.74 Å². The Hall–Kier alpha value is 0.310. The first-order chi connectivity index (χ1) is 5.90. The average molecular weight is 184 g/mol. The summed E-state index contributed by atoms with van der Waals surface area (Å²) in [4.78, 5) is 0. The minimum absolute atomic E-state index is 0.718. The van der Waals surface area contributed by atoms with Crippen LogP contribution in [0.5, 0.6) is 0 Å². The van der Waals surface area contributed by atoms with E-state index in [1.165, 1.54) is 25.0 Å². The molecule has 0 radical (unpaired) electrons. The van der Waals surface area contributed by atoms with Gasteiger partial charge in [0, 0.05) is 0 Å². The molecule has 68 valence electrons. The molecular weight excluding hydrogens is 168 g/mol. The zero-order chi connectivity index (χ0) is 8.13. The highest BCUT2D eigenvalue weighted by atomic mass is 32.2. The van der Waals surface area contributed by atoms with Crippen molar-refractivity contribution in [3.8, 4) is 0 Å². The highest BCUT2D eigenvalue weighted by Crippen LogP contribution is 2.59. The number of hydrogen-bond donors (Lipinski definition) is 0. The summed E-state index contributed by atoms with van der Waals surface area (Å²) in [6, 6.07) is 0. The standard InChI is InChI=1S/C10H16OS/c1-12-3-2-6-4-7-5-8(6)10-9(7)11-10/h6-10H,2-5H2,1H3. The maximum atomic E-state index is 5.64.